The molecule has 0 saturated carbocycles. The summed E-state index contributed by atoms with van der Waals surface area (Å²) in [5.74, 6) is -1.71. The van der Waals surface area contributed by atoms with Crippen molar-refractivity contribution in [3.8, 4) is 18.1 Å². The van der Waals surface area contributed by atoms with Gasteiger partial charge >= 0.3 is 5.91 Å². The molecule has 64 heavy (non-hydrogen) atoms. The van der Waals surface area contributed by atoms with Gasteiger partial charge in [0.2, 0.25) is 5.91 Å². The summed E-state index contributed by atoms with van der Waals surface area (Å²) in [6, 6.07) is 31.3. The second kappa shape index (κ2) is 19.7. The van der Waals surface area contributed by atoms with Crippen LogP contribution < -0.4 is 30.0 Å². The Labute approximate surface area is 368 Å². The van der Waals surface area contributed by atoms with Crippen LogP contribution in [0.4, 0.5) is 22.7 Å². The van der Waals surface area contributed by atoms with Crippen LogP contribution in [0.15, 0.2) is 146 Å². The van der Waals surface area contributed by atoms with Gasteiger partial charge in [-0.15, -0.1) is 6.42 Å². The highest BCUT2D eigenvalue weighted by molar-refractivity contribution is 7.90. The van der Waals surface area contributed by atoms with Crippen LogP contribution in [0.25, 0.3) is 23.2 Å². The molecule has 19 heteroatoms. The lowest BCUT2D eigenvalue weighted by Gasteiger charge is -2.17. The molecule has 324 valence electrons. The fourth-order valence-corrected chi connectivity index (χ4v) is 7.95. The van der Waals surface area contributed by atoms with E-state index in [4.69, 9.17) is 21.1 Å². The number of sulfonamides is 2. The van der Waals surface area contributed by atoms with Gasteiger partial charge in [-0.25, -0.2) is 41.2 Å². The number of carbonyl (C=O) groups is 3. The second-order valence-corrected chi connectivity index (χ2v) is 17.0. The monoisotopic (exact) mass is 898 g/mol. The molecule has 3 amide bonds. The van der Waals surface area contributed by atoms with Gasteiger partial charge in [0.25, 0.3) is 31.5 Å². The highest BCUT2D eigenvalue weighted by Crippen LogP contribution is 2.33. The van der Waals surface area contributed by atoms with Crippen molar-refractivity contribution < 1.29 is 36.0 Å². The normalized spacial score (nSPS) is 11.9. The van der Waals surface area contributed by atoms with Gasteiger partial charge < -0.3 is 15.0 Å². The number of nitrogens with one attached hydrogen (secondary N) is 3. The van der Waals surface area contributed by atoms with Crippen molar-refractivity contribution in [3.05, 3.63) is 143 Å². The fourth-order valence-electron chi connectivity index (χ4n) is 5.81. The third-order valence-corrected chi connectivity index (χ3v) is 11.8. The molecule has 0 aliphatic carbocycles. The Morgan fingerprint density at radius 1 is 0.844 bits per heavy atom. The first-order valence-corrected chi connectivity index (χ1v) is 22.0. The number of para-hydroxylation sites is 2. The number of aromatic nitrogens is 2. The fraction of sp³-hybridized carbons (Fsp3) is 0.0889. The van der Waals surface area contributed by atoms with Crippen molar-refractivity contribution in [1.29, 1.82) is 0 Å². The predicted molar refractivity (Wildman–Crippen MR) is 245 cm³/mol. The topological polar surface area (TPSA) is 228 Å². The van der Waals surface area contributed by atoms with Gasteiger partial charge in [0.15, 0.2) is 17.9 Å². The number of benzene rings is 5. The summed E-state index contributed by atoms with van der Waals surface area (Å²) in [6.45, 7) is 1.40. The van der Waals surface area contributed by atoms with Gasteiger partial charge in [-0.05, 0) is 78.2 Å². The number of fused-ring (bicyclic) bond motifs is 1. The highest BCUT2D eigenvalue weighted by atomic mass is 32.2. The second-order valence-electron chi connectivity index (χ2n) is 13.6. The molecule has 1 heterocycles. The van der Waals surface area contributed by atoms with E-state index >= 15 is 0 Å². The zero-order valence-electron chi connectivity index (χ0n) is 34.3. The molecule has 0 aliphatic heterocycles. The summed E-state index contributed by atoms with van der Waals surface area (Å²) in [5.41, 5.74) is -0.176. The maximum absolute atomic E-state index is 15.0. The number of carbonyl (C=O) groups excluding carboxylic acids is 3. The van der Waals surface area contributed by atoms with E-state index in [0.717, 1.165) is 22.8 Å². The third-order valence-electron chi connectivity index (χ3n) is 9.01. The quantitative estimate of drug-likeness (QED) is 0.0686. The van der Waals surface area contributed by atoms with Crippen molar-refractivity contribution >= 4 is 95.8 Å². The maximum atomic E-state index is 15.0. The van der Waals surface area contributed by atoms with Crippen molar-refractivity contribution in [3.63, 3.8) is 0 Å². The molecule has 0 atom stereocenters. The van der Waals surface area contributed by atoms with Gasteiger partial charge in [-0.1, -0.05) is 67.6 Å². The van der Waals surface area contributed by atoms with E-state index in [1.54, 1.807) is 133 Å². The molecule has 6 rings (SSSR count). The zero-order valence-corrected chi connectivity index (χ0v) is 35.9. The number of terminal acetylenes is 1. The molecule has 1 aromatic heterocycles. The number of ether oxygens (including phenoxy) is 1. The number of rotatable bonds is 15. The average Bonchev–Trinajstić information content (AvgIpc) is 3.28. The van der Waals surface area contributed by atoms with E-state index in [-0.39, 0.29) is 34.5 Å². The molecular weight excluding hydrogens is 861 g/mol. The molecule has 3 N–H and O–H groups in total. The first-order chi connectivity index (χ1) is 30.6. The van der Waals surface area contributed by atoms with E-state index in [9.17, 15) is 36.0 Å². The van der Waals surface area contributed by atoms with E-state index in [0.29, 0.717) is 17.0 Å². The molecule has 17 nitrogen and oxygen atoms in total. The molecule has 0 fully saturated rings. The minimum atomic E-state index is -4.81. The van der Waals surface area contributed by atoms with E-state index in [1.807, 2.05) is 10.8 Å². The van der Waals surface area contributed by atoms with Gasteiger partial charge in [-0.3, -0.25) is 23.7 Å². The first kappa shape index (κ1) is 45.3. The van der Waals surface area contributed by atoms with Crippen molar-refractivity contribution in [2.75, 3.05) is 24.3 Å². The third kappa shape index (κ3) is 10.8. The molecule has 0 saturated heterocycles. The molecular formula is C45H38N8O9S2. The number of nitrogens with zero attached hydrogens (tertiary/aromatic N) is 5. The van der Waals surface area contributed by atoms with Crippen molar-refractivity contribution in [2.24, 2.45) is 9.98 Å². The molecule has 0 spiro atoms. The predicted octanol–water partition coefficient (Wildman–Crippen LogP) is 5.24. The van der Waals surface area contributed by atoms with E-state index < -0.39 is 64.5 Å². The molecule has 0 radical (unpaired) electrons. The Morgan fingerprint density at radius 3 is 2.22 bits per heavy atom. The largest absolute Gasteiger partial charge is 0.446 e. The van der Waals surface area contributed by atoms with Crippen molar-refractivity contribution in [1.82, 2.24) is 19.0 Å². The Hall–Kier alpha value is -8.21. The van der Waals surface area contributed by atoms with Gasteiger partial charge in [0, 0.05) is 32.4 Å². The zero-order chi connectivity index (χ0) is 46.0. The van der Waals surface area contributed by atoms with Crippen LogP contribution >= 0.6 is 0 Å². The number of hydrogen-bond donors (Lipinski definition) is 3. The summed E-state index contributed by atoms with van der Waals surface area (Å²) in [7, 11) is -5.98. The van der Waals surface area contributed by atoms with Crippen LogP contribution in [0.5, 0.6) is 5.75 Å². The number of amides is 3. The van der Waals surface area contributed by atoms with Crippen LogP contribution in [0, 0.1) is 12.3 Å². The summed E-state index contributed by atoms with van der Waals surface area (Å²) < 4.78 is 64.1. The summed E-state index contributed by atoms with van der Waals surface area (Å²) in [6.07, 6.45) is 8.97. The Morgan fingerprint density at radius 2 is 1.53 bits per heavy atom. The van der Waals surface area contributed by atoms with Gasteiger partial charge in [0.05, 0.1) is 32.9 Å². The van der Waals surface area contributed by atoms with Gasteiger partial charge in [0.1, 0.15) is 10.6 Å². The number of anilines is 2. The lowest BCUT2D eigenvalue weighted by Crippen LogP contribution is -2.34. The molecule has 0 bridgehead atoms. The summed E-state index contributed by atoms with van der Waals surface area (Å²) >= 11 is 0. The number of aliphatic imine (C=N–C) groups is 2. The van der Waals surface area contributed by atoms with Crippen molar-refractivity contribution in [2.45, 2.75) is 23.1 Å². The minimum absolute atomic E-state index is 0.0426. The standard InChI is InChI=1S/C45H38N8O9S2/c1-5-40(54)50-63(58,59)33-22-24-39(64(60,61)51-41(55)6-2)38(28-33)49-44(56)42(47-36-23-21-31(52(3)4)27-37(36)46-29-62-32-17-11-8-12-18-32)43-48-35-20-14-13-19-34(35)45(57)53(43)26-25-30-15-9-7-10-16-30/h1,7-29H,6H2,2-4H3,(H,49,56)(H,50,54)(H,51,55). The van der Waals surface area contributed by atoms with Gasteiger partial charge in [-0.2, -0.15) is 0 Å². The maximum Gasteiger partial charge on any atom is 0.309 e. The van der Waals surface area contributed by atoms with E-state index in [1.165, 1.54) is 19.5 Å². The van der Waals surface area contributed by atoms with Crippen LogP contribution in [-0.4, -0.2) is 70.3 Å². The van der Waals surface area contributed by atoms with Crippen LogP contribution in [-0.2, 0) is 34.4 Å². The van der Waals surface area contributed by atoms with Crippen LogP contribution in [0.2, 0.25) is 0 Å². The van der Waals surface area contributed by atoms with Crippen LogP contribution in [0.3, 0.4) is 0 Å². The Kier molecular flexibility index (Phi) is 13.9. The summed E-state index contributed by atoms with van der Waals surface area (Å²) in [4.78, 5) is 68.0. The molecule has 0 unspecified atom stereocenters. The highest BCUT2D eigenvalue weighted by Gasteiger charge is 2.29. The SMILES string of the molecule is C#CC(=O)NS(=O)(=O)c1ccc(S(=O)(=O)NC(=O)CC)c(NC(=O)C(=Nc2ccc(N(C)C)cc2N=COc2ccccc2)c2nc3ccccc3c(=O)n2C=Cc2ccccc2)c1. The van der Waals surface area contributed by atoms with Crippen LogP contribution in [0.1, 0.15) is 24.7 Å². The number of hydrogen-bond acceptors (Lipinski definition) is 13. The lowest BCUT2D eigenvalue weighted by molar-refractivity contribution is -0.119. The molecule has 5 aromatic carbocycles. The Balaban J connectivity index is 1.62. The van der Waals surface area contributed by atoms with E-state index in [2.05, 4.69) is 10.3 Å². The molecule has 0 aliphatic rings. The smallest absolute Gasteiger partial charge is 0.309 e. The Bertz CT molecular complexity index is 3200. The first-order valence-electron chi connectivity index (χ1n) is 19.0. The minimum Gasteiger partial charge on any atom is -0.446 e. The molecule has 6 aromatic rings. The summed E-state index contributed by atoms with van der Waals surface area (Å²) in [5, 5.41) is 2.60. The average molecular weight is 899 g/mol. The lowest BCUT2D eigenvalue weighted by atomic mass is 10.2.